The van der Waals surface area contributed by atoms with Gasteiger partial charge in [-0.15, -0.1) is 16.4 Å². The van der Waals surface area contributed by atoms with E-state index in [-0.39, 0.29) is 0 Å². The van der Waals surface area contributed by atoms with Gasteiger partial charge in [-0.25, -0.2) is 4.98 Å². The molecule has 0 aromatic carbocycles. The van der Waals surface area contributed by atoms with Crippen molar-refractivity contribution in [1.82, 2.24) is 20.0 Å². The van der Waals surface area contributed by atoms with Crippen molar-refractivity contribution in [2.75, 3.05) is 0 Å². The highest BCUT2D eigenvalue weighted by atomic mass is 32.1. The molecule has 2 aromatic rings. The lowest BCUT2D eigenvalue weighted by Gasteiger charge is -2.00. The number of carbonyl (C=O) groups excluding carboxylic acids is 1. The Morgan fingerprint density at radius 1 is 1.60 bits per heavy atom. The van der Waals surface area contributed by atoms with Crippen LogP contribution in [0.4, 0.5) is 0 Å². The zero-order chi connectivity index (χ0) is 10.7. The van der Waals surface area contributed by atoms with Gasteiger partial charge < -0.3 is 0 Å². The highest BCUT2D eigenvalue weighted by molar-refractivity contribution is 7.12. The molecule has 0 radical (unpaired) electrons. The Kier molecular flexibility index (Phi) is 2.86. The van der Waals surface area contributed by atoms with Gasteiger partial charge in [0.05, 0.1) is 5.69 Å². The van der Waals surface area contributed by atoms with Crippen molar-refractivity contribution in [2.24, 2.45) is 0 Å². The van der Waals surface area contributed by atoms with Crippen LogP contribution in [0.2, 0.25) is 0 Å². The Morgan fingerprint density at radius 3 is 3.07 bits per heavy atom. The molecule has 2 aromatic heterocycles. The highest BCUT2D eigenvalue weighted by Crippen LogP contribution is 2.15. The molecule has 0 saturated carbocycles. The van der Waals surface area contributed by atoms with Crippen LogP contribution in [0.25, 0.3) is 5.13 Å². The van der Waals surface area contributed by atoms with E-state index in [2.05, 4.69) is 15.3 Å². The highest BCUT2D eigenvalue weighted by Gasteiger charge is 2.13. The van der Waals surface area contributed by atoms with Crippen LogP contribution in [0.3, 0.4) is 0 Å². The molecular formula is C9H10N4OS. The second kappa shape index (κ2) is 4.31. The summed E-state index contributed by atoms with van der Waals surface area (Å²) in [6.45, 7) is 2.05. The maximum absolute atomic E-state index is 10.8. The first-order valence-corrected chi connectivity index (χ1v) is 5.54. The minimum atomic E-state index is 0.409. The van der Waals surface area contributed by atoms with Gasteiger partial charge in [0.25, 0.3) is 0 Å². The van der Waals surface area contributed by atoms with Crippen LogP contribution in [0.5, 0.6) is 0 Å². The van der Waals surface area contributed by atoms with E-state index in [9.17, 15) is 4.79 Å². The number of hydrogen-bond acceptors (Lipinski definition) is 5. The van der Waals surface area contributed by atoms with E-state index < -0.39 is 0 Å². The molecule has 0 N–H and O–H groups in total. The Balaban J connectivity index is 2.47. The van der Waals surface area contributed by atoms with E-state index in [4.69, 9.17) is 0 Å². The van der Waals surface area contributed by atoms with E-state index in [1.165, 1.54) is 11.3 Å². The third-order valence-electron chi connectivity index (χ3n) is 1.99. The van der Waals surface area contributed by atoms with E-state index in [0.29, 0.717) is 5.69 Å². The molecule has 2 rings (SSSR count). The molecule has 0 fully saturated rings. The van der Waals surface area contributed by atoms with Crippen molar-refractivity contribution in [2.45, 2.75) is 19.8 Å². The molecule has 15 heavy (non-hydrogen) atoms. The SMILES string of the molecule is CCCc1c(C=O)nnn1-c1nccs1. The van der Waals surface area contributed by atoms with Gasteiger partial charge in [-0.05, 0) is 6.42 Å². The minimum Gasteiger partial charge on any atom is -0.296 e. The van der Waals surface area contributed by atoms with Gasteiger partial charge in [-0.2, -0.15) is 4.68 Å². The molecule has 0 aliphatic heterocycles. The van der Waals surface area contributed by atoms with E-state index in [1.54, 1.807) is 10.9 Å². The van der Waals surface area contributed by atoms with E-state index in [0.717, 1.165) is 30.0 Å². The normalized spacial score (nSPS) is 10.5. The van der Waals surface area contributed by atoms with Crippen LogP contribution in [0, 0.1) is 0 Å². The monoisotopic (exact) mass is 222 g/mol. The van der Waals surface area contributed by atoms with Gasteiger partial charge in [-0.3, -0.25) is 4.79 Å². The average molecular weight is 222 g/mol. The third-order valence-corrected chi connectivity index (χ3v) is 2.74. The fraction of sp³-hybridized carbons (Fsp3) is 0.333. The number of nitrogens with zero attached hydrogens (tertiary/aromatic N) is 4. The first kappa shape index (κ1) is 9.97. The standard InChI is InChI=1S/C9H10N4OS/c1-2-3-8-7(6-14)11-12-13(8)9-10-4-5-15-9/h4-6H,2-3H2,1H3. The van der Waals surface area contributed by atoms with Crippen LogP contribution in [-0.2, 0) is 6.42 Å². The van der Waals surface area contributed by atoms with E-state index >= 15 is 0 Å². The van der Waals surface area contributed by atoms with Crippen molar-refractivity contribution in [3.8, 4) is 5.13 Å². The summed E-state index contributed by atoms with van der Waals surface area (Å²) >= 11 is 1.47. The average Bonchev–Trinajstić information content (AvgIpc) is 2.85. The molecule has 0 aliphatic rings. The fourth-order valence-electron chi connectivity index (χ4n) is 1.35. The molecule has 0 spiro atoms. The van der Waals surface area contributed by atoms with Crippen molar-refractivity contribution in [3.63, 3.8) is 0 Å². The summed E-state index contributed by atoms with van der Waals surface area (Å²) < 4.78 is 1.64. The maximum atomic E-state index is 10.8. The topological polar surface area (TPSA) is 60.7 Å². The lowest BCUT2D eigenvalue weighted by Crippen LogP contribution is -2.02. The quantitative estimate of drug-likeness (QED) is 0.735. The Labute approximate surface area is 90.8 Å². The molecule has 0 saturated heterocycles. The number of rotatable bonds is 4. The van der Waals surface area contributed by atoms with Crippen molar-refractivity contribution >= 4 is 17.6 Å². The minimum absolute atomic E-state index is 0.409. The first-order chi connectivity index (χ1) is 7.36. The second-order valence-corrected chi connectivity index (χ2v) is 3.89. The molecule has 0 aliphatic carbocycles. The Bertz CT molecular complexity index is 449. The number of aldehydes is 1. The second-order valence-electron chi connectivity index (χ2n) is 3.02. The fourth-order valence-corrected chi connectivity index (χ4v) is 1.96. The van der Waals surface area contributed by atoms with Gasteiger partial charge in [0, 0.05) is 11.6 Å². The maximum Gasteiger partial charge on any atom is 0.211 e. The zero-order valence-electron chi connectivity index (χ0n) is 8.25. The van der Waals surface area contributed by atoms with Crippen molar-refractivity contribution < 1.29 is 4.79 Å². The van der Waals surface area contributed by atoms with Gasteiger partial charge in [0.2, 0.25) is 5.13 Å². The molecule has 6 heteroatoms. The number of carbonyl (C=O) groups is 1. The van der Waals surface area contributed by atoms with Crippen LogP contribution in [0.1, 0.15) is 29.5 Å². The summed E-state index contributed by atoms with van der Waals surface area (Å²) in [5, 5.41) is 10.4. The van der Waals surface area contributed by atoms with Crippen molar-refractivity contribution in [1.29, 1.82) is 0 Å². The first-order valence-electron chi connectivity index (χ1n) is 4.66. The summed E-state index contributed by atoms with van der Waals surface area (Å²) in [5.74, 6) is 0. The van der Waals surface area contributed by atoms with Crippen LogP contribution in [0.15, 0.2) is 11.6 Å². The van der Waals surface area contributed by atoms with E-state index in [1.807, 2.05) is 12.3 Å². The number of aromatic nitrogens is 4. The molecule has 2 heterocycles. The van der Waals surface area contributed by atoms with Gasteiger partial charge in [0.1, 0.15) is 5.69 Å². The molecule has 78 valence electrons. The summed E-state index contributed by atoms with van der Waals surface area (Å²) in [5.41, 5.74) is 1.24. The van der Waals surface area contributed by atoms with Crippen LogP contribution >= 0.6 is 11.3 Å². The summed E-state index contributed by atoms with van der Waals surface area (Å²) in [4.78, 5) is 14.9. The molecule has 5 nitrogen and oxygen atoms in total. The lowest BCUT2D eigenvalue weighted by molar-refractivity contribution is 0.111. The molecule has 0 bridgehead atoms. The lowest BCUT2D eigenvalue weighted by atomic mass is 10.2. The van der Waals surface area contributed by atoms with Gasteiger partial charge in [-0.1, -0.05) is 18.6 Å². The molecule has 0 atom stereocenters. The predicted molar refractivity (Wildman–Crippen MR) is 56.4 cm³/mol. The third kappa shape index (κ3) is 1.80. The largest absolute Gasteiger partial charge is 0.296 e. The molecular weight excluding hydrogens is 212 g/mol. The molecule has 0 unspecified atom stereocenters. The van der Waals surface area contributed by atoms with Gasteiger partial charge >= 0.3 is 0 Å². The molecule has 0 amide bonds. The summed E-state index contributed by atoms with van der Waals surface area (Å²) in [7, 11) is 0. The smallest absolute Gasteiger partial charge is 0.211 e. The zero-order valence-corrected chi connectivity index (χ0v) is 9.07. The summed E-state index contributed by atoms with van der Waals surface area (Å²) in [6, 6.07) is 0. The number of hydrogen-bond donors (Lipinski definition) is 0. The van der Waals surface area contributed by atoms with Crippen LogP contribution < -0.4 is 0 Å². The Hall–Kier alpha value is -1.56. The van der Waals surface area contributed by atoms with Crippen molar-refractivity contribution in [3.05, 3.63) is 23.0 Å². The van der Waals surface area contributed by atoms with Crippen LogP contribution in [-0.4, -0.2) is 26.3 Å². The Morgan fingerprint density at radius 2 is 2.47 bits per heavy atom. The van der Waals surface area contributed by atoms with Gasteiger partial charge in [0.15, 0.2) is 6.29 Å². The predicted octanol–water partition coefficient (Wildman–Crippen LogP) is 1.49. The number of thiazole rings is 1. The summed E-state index contributed by atoms with van der Waals surface area (Å²) in [6.07, 6.45) is 4.17.